The van der Waals surface area contributed by atoms with E-state index in [1.807, 2.05) is 24.3 Å². The molecule has 0 fully saturated rings. The highest BCUT2D eigenvalue weighted by Crippen LogP contribution is 2.42. The van der Waals surface area contributed by atoms with Crippen molar-refractivity contribution in [1.82, 2.24) is 0 Å². The van der Waals surface area contributed by atoms with Gasteiger partial charge in [0.2, 0.25) is 11.5 Å². The third-order valence-electron chi connectivity index (χ3n) is 3.64. The number of ether oxygens (including phenoxy) is 2. The lowest BCUT2D eigenvalue weighted by molar-refractivity contribution is -0.132. The number of esters is 2. The van der Waals surface area contributed by atoms with Crippen LogP contribution < -0.4 is 9.47 Å². The Morgan fingerprint density at radius 2 is 1.07 bits per heavy atom. The van der Waals surface area contributed by atoms with Crippen LogP contribution in [0.2, 0.25) is 0 Å². The number of hydrogen-bond acceptors (Lipinski definition) is 8. The van der Waals surface area contributed by atoms with Gasteiger partial charge < -0.3 is 29.9 Å². The predicted octanol–water partition coefficient (Wildman–Crippen LogP) is 3.71. The number of rotatable bonds is 3. The zero-order valence-electron chi connectivity index (χ0n) is 16.2. The average molecular weight is 412 g/mol. The number of phenols is 4. The number of phenolic OH excluding ortho intramolecular Hbond substituents is 4. The molecule has 0 spiro atoms. The molecule has 3 rings (SSSR count). The van der Waals surface area contributed by atoms with E-state index in [9.17, 15) is 19.8 Å². The van der Waals surface area contributed by atoms with Gasteiger partial charge in [-0.3, -0.25) is 9.59 Å². The lowest BCUT2D eigenvalue weighted by Gasteiger charge is -2.09. The van der Waals surface area contributed by atoms with Crippen molar-refractivity contribution in [3.63, 3.8) is 0 Å². The molecule has 0 aliphatic rings. The van der Waals surface area contributed by atoms with E-state index in [2.05, 4.69) is 9.47 Å². The maximum Gasteiger partial charge on any atom is 0.308 e. The Bertz CT molecular complexity index is 981. The first-order valence-corrected chi connectivity index (χ1v) is 8.67. The summed E-state index contributed by atoms with van der Waals surface area (Å²) in [6, 6.07) is 16.2. The molecule has 8 nitrogen and oxygen atoms in total. The second-order valence-electron chi connectivity index (χ2n) is 6.04. The fourth-order valence-corrected chi connectivity index (χ4v) is 2.33. The van der Waals surface area contributed by atoms with E-state index in [4.69, 9.17) is 10.2 Å². The van der Waals surface area contributed by atoms with Gasteiger partial charge in [0, 0.05) is 13.8 Å². The number of benzene rings is 3. The highest BCUT2D eigenvalue weighted by Gasteiger charge is 2.17. The van der Waals surface area contributed by atoms with E-state index >= 15 is 0 Å². The molecule has 30 heavy (non-hydrogen) atoms. The summed E-state index contributed by atoms with van der Waals surface area (Å²) in [7, 11) is 0. The Labute approximate surface area is 172 Å². The number of aromatic hydroxyl groups is 4. The first kappa shape index (κ1) is 22.1. The van der Waals surface area contributed by atoms with Gasteiger partial charge in [-0.25, -0.2) is 0 Å². The van der Waals surface area contributed by atoms with Gasteiger partial charge in [-0.15, -0.1) is 0 Å². The molecule has 0 aliphatic heterocycles. The van der Waals surface area contributed by atoms with E-state index in [1.165, 1.54) is 6.07 Å². The minimum absolute atomic E-state index is 0.193. The molecule has 0 radical (unpaired) electrons. The summed E-state index contributed by atoms with van der Waals surface area (Å²) < 4.78 is 9.20. The summed E-state index contributed by atoms with van der Waals surface area (Å²) in [5, 5.41) is 37.1. The molecule has 3 aromatic carbocycles. The van der Waals surface area contributed by atoms with Crippen molar-refractivity contribution in [3.8, 4) is 45.6 Å². The Kier molecular flexibility index (Phi) is 7.24. The van der Waals surface area contributed by atoms with E-state index in [0.29, 0.717) is 0 Å². The molecule has 156 valence electrons. The van der Waals surface area contributed by atoms with Crippen LogP contribution in [0.3, 0.4) is 0 Å². The van der Waals surface area contributed by atoms with Gasteiger partial charge >= 0.3 is 11.9 Å². The normalized spacial score (nSPS) is 9.80. The lowest BCUT2D eigenvalue weighted by Crippen LogP contribution is -2.05. The number of carbonyl (C=O) groups is 2. The van der Waals surface area contributed by atoms with Crippen molar-refractivity contribution in [2.24, 2.45) is 0 Å². The molecule has 0 heterocycles. The summed E-state index contributed by atoms with van der Waals surface area (Å²) in [5.74, 6) is -2.51. The molecule has 4 N–H and O–H groups in total. The Balaban J connectivity index is 0.000000215. The standard InChI is InChI=1S/C12H10O2.C10H10O6/c13-11-5-1-9(2-6-11)10-3-7-12(14)8-4-10;1-5(11)15-8-4-3-7(13)10(9(8)14)16-6(2)12/h1-8,13-14H;3-4,13-14H,1-2H3. The van der Waals surface area contributed by atoms with E-state index < -0.39 is 29.2 Å². The van der Waals surface area contributed by atoms with E-state index in [-0.39, 0.29) is 17.2 Å². The van der Waals surface area contributed by atoms with Crippen LogP contribution in [0.4, 0.5) is 0 Å². The maximum atomic E-state index is 10.7. The summed E-state index contributed by atoms with van der Waals surface area (Å²) in [5.41, 5.74) is 2.03. The van der Waals surface area contributed by atoms with Crippen LogP contribution in [-0.4, -0.2) is 32.4 Å². The molecule has 0 bridgehead atoms. The molecule has 0 saturated carbocycles. The average Bonchev–Trinajstić information content (AvgIpc) is 2.69. The molecule has 0 saturated heterocycles. The van der Waals surface area contributed by atoms with Gasteiger partial charge in [0.1, 0.15) is 11.5 Å². The van der Waals surface area contributed by atoms with Gasteiger partial charge in [0.05, 0.1) is 0 Å². The van der Waals surface area contributed by atoms with Crippen LogP contribution in [0.15, 0.2) is 60.7 Å². The summed E-state index contributed by atoms with van der Waals surface area (Å²) in [6.45, 7) is 2.26. The summed E-state index contributed by atoms with van der Waals surface area (Å²) in [6.07, 6.45) is 0. The van der Waals surface area contributed by atoms with Crippen LogP contribution in [-0.2, 0) is 9.59 Å². The quantitative estimate of drug-likeness (QED) is 0.378. The first-order valence-electron chi connectivity index (χ1n) is 8.67. The third-order valence-corrected chi connectivity index (χ3v) is 3.64. The van der Waals surface area contributed by atoms with Crippen LogP contribution in [0.1, 0.15) is 13.8 Å². The molecule has 0 aromatic heterocycles. The molecule has 0 unspecified atom stereocenters. The topological polar surface area (TPSA) is 134 Å². The van der Waals surface area contributed by atoms with Gasteiger partial charge in [0.25, 0.3) is 0 Å². The summed E-state index contributed by atoms with van der Waals surface area (Å²) in [4.78, 5) is 21.4. The van der Waals surface area contributed by atoms with Crippen molar-refractivity contribution >= 4 is 11.9 Å². The minimum Gasteiger partial charge on any atom is -0.508 e. The monoisotopic (exact) mass is 412 g/mol. The van der Waals surface area contributed by atoms with E-state index in [1.54, 1.807) is 24.3 Å². The van der Waals surface area contributed by atoms with Crippen molar-refractivity contribution in [2.75, 3.05) is 0 Å². The van der Waals surface area contributed by atoms with Gasteiger partial charge in [-0.1, -0.05) is 24.3 Å². The fraction of sp³-hybridized carbons (Fsp3) is 0.0909. The molecular weight excluding hydrogens is 392 g/mol. The Morgan fingerprint density at radius 3 is 1.47 bits per heavy atom. The van der Waals surface area contributed by atoms with Crippen molar-refractivity contribution in [2.45, 2.75) is 13.8 Å². The lowest BCUT2D eigenvalue weighted by atomic mass is 10.1. The highest BCUT2D eigenvalue weighted by atomic mass is 16.6. The van der Waals surface area contributed by atoms with Crippen molar-refractivity contribution in [1.29, 1.82) is 0 Å². The molecule has 8 heteroatoms. The first-order chi connectivity index (χ1) is 14.2. The van der Waals surface area contributed by atoms with Gasteiger partial charge in [-0.2, -0.15) is 0 Å². The second-order valence-corrected chi connectivity index (χ2v) is 6.04. The van der Waals surface area contributed by atoms with E-state index in [0.717, 1.165) is 31.0 Å². The largest absolute Gasteiger partial charge is 0.508 e. The molecule has 0 aliphatic carbocycles. The van der Waals surface area contributed by atoms with Crippen molar-refractivity contribution < 1.29 is 39.5 Å². The third kappa shape index (κ3) is 6.16. The van der Waals surface area contributed by atoms with Crippen LogP contribution in [0.25, 0.3) is 11.1 Å². The smallest absolute Gasteiger partial charge is 0.308 e. The Morgan fingerprint density at radius 1 is 0.633 bits per heavy atom. The SMILES string of the molecule is CC(=O)Oc1ccc(O)c(OC(C)=O)c1O.Oc1ccc(-c2ccc(O)cc2)cc1. The molecule has 0 atom stereocenters. The maximum absolute atomic E-state index is 10.7. The molecular formula is C22H20O8. The minimum atomic E-state index is -0.717. The second kappa shape index (κ2) is 9.83. The Hall–Kier alpha value is -4.20. The number of hydrogen-bond donors (Lipinski definition) is 4. The zero-order chi connectivity index (χ0) is 22.3. The fourth-order valence-electron chi connectivity index (χ4n) is 2.33. The predicted molar refractivity (Wildman–Crippen MR) is 108 cm³/mol. The summed E-state index contributed by atoms with van der Waals surface area (Å²) >= 11 is 0. The van der Waals surface area contributed by atoms with Gasteiger partial charge in [0.15, 0.2) is 11.5 Å². The van der Waals surface area contributed by atoms with Crippen LogP contribution in [0.5, 0.6) is 34.5 Å². The van der Waals surface area contributed by atoms with Crippen LogP contribution in [0, 0.1) is 0 Å². The van der Waals surface area contributed by atoms with Crippen molar-refractivity contribution in [3.05, 3.63) is 60.7 Å². The molecule has 0 amide bonds. The number of carbonyl (C=O) groups excluding carboxylic acids is 2. The molecule has 3 aromatic rings. The van der Waals surface area contributed by atoms with Crippen LogP contribution >= 0.6 is 0 Å². The zero-order valence-corrected chi connectivity index (χ0v) is 16.2. The van der Waals surface area contributed by atoms with Gasteiger partial charge in [-0.05, 0) is 47.5 Å². The highest BCUT2D eigenvalue weighted by molar-refractivity contribution is 5.75.